The lowest BCUT2D eigenvalue weighted by Crippen LogP contribution is -2.50. The Morgan fingerprint density at radius 2 is 1.17 bits per heavy atom. The van der Waals surface area contributed by atoms with Crippen molar-refractivity contribution >= 4 is 35.0 Å². The molecule has 2 aromatic carbocycles. The highest BCUT2D eigenvalue weighted by atomic mass is 32.1. The molecule has 0 nitrogen and oxygen atoms in total. The van der Waals surface area contributed by atoms with Crippen LogP contribution in [0.25, 0.3) is 0 Å². The van der Waals surface area contributed by atoms with E-state index in [9.17, 15) is 0 Å². The molecule has 0 saturated carbocycles. The van der Waals surface area contributed by atoms with E-state index in [0.29, 0.717) is 0 Å². The maximum atomic E-state index is 2.28. The summed E-state index contributed by atoms with van der Waals surface area (Å²) in [7, 11) is -1.24. The molecule has 0 unspecified atom stereocenters. The molecule has 0 aliphatic heterocycles. The smallest absolute Gasteiger partial charge is 0.145 e. The van der Waals surface area contributed by atoms with Crippen LogP contribution in [0.1, 0.15) is 0 Å². The average Bonchev–Trinajstić information content (AvgIpc) is 2.95. The summed E-state index contributed by atoms with van der Waals surface area (Å²) in [6, 6.07) is 26.3. The van der Waals surface area contributed by atoms with Gasteiger partial charge in [-0.15, -0.1) is 0 Å². The normalized spacial score (nSPS) is 10.7. The first kappa shape index (κ1) is 11.4. The van der Waals surface area contributed by atoms with Crippen molar-refractivity contribution in [1.82, 2.24) is 0 Å². The minimum Gasteiger partial charge on any atom is -0.153 e. The van der Waals surface area contributed by atoms with E-state index in [-0.39, 0.29) is 0 Å². The summed E-state index contributed by atoms with van der Waals surface area (Å²) in [6.45, 7) is 0. The molecule has 0 aliphatic carbocycles. The van der Waals surface area contributed by atoms with Crippen LogP contribution in [0.4, 0.5) is 0 Å². The van der Waals surface area contributed by atoms with Crippen LogP contribution in [0, 0.1) is 0 Å². The lowest BCUT2D eigenvalue weighted by Gasteiger charge is -2.14. The number of hydrogen-bond donors (Lipinski definition) is 0. The zero-order valence-corrected chi connectivity index (χ0v) is 12.0. The Kier molecular flexibility index (Phi) is 3.39. The highest BCUT2D eigenvalue weighted by molar-refractivity contribution is 7.26. The molecular formula is C16H14SSi. The van der Waals surface area contributed by atoms with Gasteiger partial charge in [-0.2, -0.15) is 11.3 Å². The molecule has 3 rings (SSSR count). The van der Waals surface area contributed by atoms with Gasteiger partial charge in [-0.05, 0) is 9.88 Å². The van der Waals surface area contributed by atoms with E-state index in [1.165, 1.54) is 14.9 Å². The molecule has 0 saturated heterocycles. The van der Waals surface area contributed by atoms with E-state index in [4.69, 9.17) is 0 Å². The number of benzene rings is 2. The third kappa shape index (κ3) is 2.30. The number of thiophene rings is 1. The second kappa shape index (κ2) is 5.34. The Morgan fingerprint density at radius 3 is 1.61 bits per heavy atom. The van der Waals surface area contributed by atoms with Gasteiger partial charge in [0.15, 0.2) is 0 Å². The van der Waals surface area contributed by atoms with Gasteiger partial charge in [0.2, 0.25) is 0 Å². The summed E-state index contributed by atoms with van der Waals surface area (Å²) in [4.78, 5) is 0. The zero-order chi connectivity index (χ0) is 12.2. The van der Waals surface area contributed by atoms with E-state index in [2.05, 4.69) is 78.2 Å². The SMILES string of the molecule is c1ccc([SiH](c2ccccc2)c2cccs2)cc1. The van der Waals surface area contributed by atoms with Crippen molar-refractivity contribution in [3.05, 3.63) is 78.2 Å². The minimum absolute atomic E-state index is 1.24. The standard InChI is InChI=1S/C16H14SSi/c1-3-8-14(9-4-1)18(16-12-7-13-17-16)15-10-5-2-6-11-15/h1-13,18H. The second-order valence-electron chi connectivity index (χ2n) is 4.27. The summed E-state index contributed by atoms with van der Waals surface area (Å²) in [6.07, 6.45) is 0. The third-order valence-electron chi connectivity index (χ3n) is 3.09. The van der Waals surface area contributed by atoms with Gasteiger partial charge in [-0.3, -0.25) is 0 Å². The summed E-state index contributed by atoms with van der Waals surface area (Å²) >= 11 is 1.88. The van der Waals surface area contributed by atoms with Crippen LogP contribution in [0.15, 0.2) is 78.2 Å². The lowest BCUT2D eigenvalue weighted by atomic mass is 10.4. The van der Waals surface area contributed by atoms with Crippen molar-refractivity contribution in [1.29, 1.82) is 0 Å². The fraction of sp³-hybridized carbons (Fsp3) is 0. The molecule has 0 atom stereocenters. The topological polar surface area (TPSA) is 0 Å². The zero-order valence-electron chi connectivity index (χ0n) is 9.99. The van der Waals surface area contributed by atoms with E-state index in [0.717, 1.165) is 0 Å². The van der Waals surface area contributed by atoms with E-state index in [1.54, 1.807) is 0 Å². The van der Waals surface area contributed by atoms with Crippen LogP contribution in [0.5, 0.6) is 0 Å². The second-order valence-corrected chi connectivity index (χ2v) is 8.49. The van der Waals surface area contributed by atoms with Crippen LogP contribution >= 0.6 is 11.3 Å². The first-order valence-electron chi connectivity index (χ1n) is 6.08. The molecule has 0 N–H and O–H groups in total. The lowest BCUT2D eigenvalue weighted by molar-refractivity contribution is 1.73. The van der Waals surface area contributed by atoms with Gasteiger partial charge in [0.05, 0.1) is 0 Å². The fourth-order valence-electron chi connectivity index (χ4n) is 2.27. The first-order valence-corrected chi connectivity index (χ1v) is 8.69. The van der Waals surface area contributed by atoms with Crippen LogP contribution in [0.3, 0.4) is 0 Å². The van der Waals surface area contributed by atoms with Crippen molar-refractivity contribution < 1.29 is 0 Å². The molecule has 0 amide bonds. The summed E-state index contributed by atoms with van der Waals surface area (Å²) in [5.41, 5.74) is 0. The van der Waals surface area contributed by atoms with Crippen molar-refractivity contribution in [3.63, 3.8) is 0 Å². The van der Waals surface area contributed by atoms with Gasteiger partial charge >= 0.3 is 0 Å². The molecule has 18 heavy (non-hydrogen) atoms. The van der Waals surface area contributed by atoms with E-state index >= 15 is 0 Å². The summed E-state index contributed by atoms with van der Waals surface area (Å²) in [5, 5.41) is 5.17. The molecule has 0 radical (unpaired) electrons. The van der Waals surface area contributed by atoms with Crippen LogP contribution in [-0.4, -0.2) is 8.80 Å². The summed E-state index contributed by atoms with van der Waals surface area (Å²) in [5.74, 6) is 0. The van der Waals surface area contributed by atoms with Gasteiger partial charge in [-0.1, -0.05) is 83.2 Å². The van der Waals surface area contributed by atoms with Gasteiger partial charge < -0.3 is 0 Å². The Morgan fingerprint density at radius 1 is 0.611 bits per heavy atom. The predicted molar refractivity (Wildman–Crippen MR) is 83.3 cm³/mol. The minimum atomic E-state index is -1.24. The Bertz CT molecular complexity index is 548. The molecule has 1 aromatic heterocycles. The quantitative estimate of drug-likeness (QED) is 0.636. The first-order chi connectivity index (χ1) is 8.95. The largest absolute Gasteiger partial charge is 0.153 e. The van der Waals surface area contributed by atoms with Gasteiger partial charge in [0.1, 0.15) is 8.80 Å². The fourth-order valence-corrected chi connectivity index (χ4v) is 6.90. The van der Waals surface area contributed by atoms with Crippen molar-refractivity contribution in [2.75, 3.05) is 0 Å². The molecule has 1 heterocycles. The van der Waals surface area contributed by atoms with Crippen LogP contribution in [-0.2, 0) is 0 Å². The monoisotopic (exact) mass is 266 g/mol. The molecule has 2 heteroatoms. The molecule has 0 spiro atoms. The molecular weight excluding hydrogens is 252 g/mol. The molecule has 88 valence electrons. The van der Waals surface area contributed by atoms with Gasteiger partial charge in [-0.25, -0.2) is 0 Å². The van der Waals surface area contributed by atoms with Crippen LogP contribution < -0.4 is 14.9 Å². The van der Waals surface area contributed by atoms with Crippen molar-refractivity contribution in [3.8, 4) is 0 Å². The van der Waals surface area contributed by atoms with Crippen molar-refractivity contribution in [2.24, 2.45) is 0 Å². The maximum absolute atomic E-state index is 2.28. The Balaban J connectivity index is 2.11. The number of rotatable bonds is 3. The number of hydrogen-bond acceptors (Lipinski definition) is 1. The maximum Gasteiger partial charge on any atom is 0.145 e. The average molecular weight is 266 g/mol. The highest BCUT2D eigenvalue weighted by Gasteiger charge is 2.18. The molecule has 0 aliphatic rings. The van der Waals surface area contributed by atoms with Crippen molar-refractivity contribution in [2.45, 2.75) is 0 Å². The highest BCUT2D eigenvalue weighted by Crippen LogP contribution is 2.00. The van der Waals surface area contributed by atoms with Crippen LogP contribution in [0.2, 0.25) is 0 Å². The van der Waals surface area contributed by atoms with E-state index < -0.39 is 8.80 Å². The Labute approximate surface area is 113 Å². The molecule has 3 aromatic rings. The molecule has 0 bridgehead atoms. The Hall–Kier alpha value is -1.64. The predicted octanol–water partition coefficient (Wildman–Crippen LogP) is 2.00. The summed E-state index contributed by atoms with van der Waals surface area (Å²) < 4.78 is 1.53. The van der Waals surface area contributed by atoms with E-state index in [1.807, 2.05) is 11.3 Å². The van der Waals surface area contributed by atoms with Gasteiger partial charge in [0, 0.05) is 0 Å². The van der Waals surface area contributed by atoms with Gasteiger partial charge in [0.25, 0.3) is 0 Å². The molecule has 0 fully saturated rings. The third-order valence-corrected chi connectivity index (χ3v) is 7.77.